The third-order valence-electron chi connectivity index (χ3n) is 3.38. The van der Waals surface area contributed by atoms with Crippen molar-refractivity contribution in [3.63, 3.8) is 0 Å². The molecule has 0 bridgehead atoms. The van der Waals surface area contributed by atoms with Crippen LogP contribution >= 0.6 is 11.3 Å². The van der Waals surface area contributed by atoms with Crippen molar-refractivity contribution in [3.8, 4) is 5.75 Å². The first-order valence-electron chi connectivity index (χ1n) is 6.69. The Morgan fingerprint density at radius 1 is 1.38 bits per heavy atom. The van der Waals surface area contributed by atoms with Crippen LogP contribution in [0.4, 0.5) is 0 Å². The molecule has 5 nitrogen and oxygen atoms in total. The summed E-state index contributed by atoms with van der Waals surface area (Å²) in [5.74, 6) is 0.681. The minimum Gasteiger partial charge on any atom is -0.487 e. The summed E-state index contributed by atoms with van der Waals surface area (Å²) < 4.78 is 32.5. The Morgan fingerprint density at radius 3 is 2.90 bits per heavy atom. The van der Waals surface area contributed by atoms with Crippen molar-refractivity contribution < 1.29 is 13.2 Å². The second-order valence-corrected chi connectivity index (χ2v) is 8.07. The van der Waals surface area contributed by atoms with Crippen LogP contribution in [0.5, 0.6) is 5.75 Å². The number of aromatic nitrogens is 1. The smallest absolute Gasteiger partial charge is 0.252 e. The molecule has 0 aromatic carbocycles. The van der Waals surface area contributed by atoms with E-state index in [1.54, 1.807) is 23.7 Å². The summed E-state index contributed by atoms with van der Waals surface area (Å²) in [6.07, 6.45) is 2.24. The Bertz CT molecular complexity index is 696. The van der Waals surface area contributed by atoms with E-state index in [9.17, 15) is 8.42 Å². The second kappa shape index (κ2) is 5.75. The van der Waals surface area contributed by atoms with Crippen molar-refractivity contribution in [2.45, 2.75) is 23.7 Å². The minimum absolute atomic E-state index is 0.121. The predicted octanol–water partition coefficient (Wildman–Crippen LogP) is 2.29. The van der Waals surface area contributed by atoms with Crippen molar-refractivity contribution in [2.75, 3.05) is 13.1 Å². The molecule has 0 N–H and O–H groups in total. The highest BCUT2D eigenvalue weighted by Crippen LogP contribution is 2.26. The summed E-state index contributed by atoms with van der Waals surface area (Å²) in [7, 11) is -3.37. The van der Waals surface area contributed by atoms with Crippen LogP contribution in [-0.2, 0) is 10.0 Å². The molecule has 0 aliphatic carbocycles. The largest absolute Gasteiger partial charge is 0.487 e. The third-order valence-corrected chi connectivity index (χ3v) is 6.62. The summed E-state index contributed by atoms with van der Waals surface area (Å²) >= 11 is 1.24. The van der Waals surface area contributed by atoms with E-state index in [2.05, 4.69) is 4.98 Å². The fraction of sp³-hybridized carbons (Fsp3) is 0.357. The van der Waals surface area contributed by atoms with E-state index < -0.39 is 10.0 Å². The monoisotopic (exact) mass is 324 g/mol. The maximum absolute atomic E-state index is 12.4. The number of nitrogens with zero attached hydrogens (tertiary/aromatic N) is 2. The molecule has 1 aliphatic heterocycles. The van der Waals surface area contributed by atoms with Gasteiger partial charge in [0.05, 0.1) is 12.7 Å². The summed E-state index contributed by atoms with van der Waals surface area (Å²) in [4.78, 5) is 4.17. The van der Waals surface area contributed by atoms with E-state index >= 15 is 0 Å². The number of rotatable bonds is 4. The molecule has 0 unspecified atom stereocenters. The molecule has 1 atom stereocenters. The minimum atomic E-state index is -3.37. The van der Waals surface area contributed by atoms with E-state index in [0.717, 1.165) is 5.69 Å². The van der Waals surface area contributed by atoms with E-state index in [1.165, 1.54) is 15.6 Å². The zero-order chi connectivity index (χ0) is 14.9. The normalized spacial score (nSPS) is 19.8. The van der Waals surface area contributed by atoms with Crippen molar-refractivity contribution in [2.24, 2.45) is 0 Å². The molecule has 1 aliphatic rings. The van der Waals surface area contributed by atoms with Gasteiger partial charge in [0.2, 0.25) is 0 Å². The summed E-state index contributed by atoms with van der Waals surface area (Å²) in [5, 5.41) is 1.77. The van der Waals surface area contributed by atoms with Crippen molar-refractivity contribution >= 4 is 21.4 Å². The number of aryl methyl sites for hydroxylation is 1. The molecule has 0 spiro atoms. The first-order chi connectivity index (χ1) is 10.1. The third kappa shape index (κ3) is 3.09. The molecule has 2 aromatic heterocycles. The molecular formula is C14H16N2O3S2. The molecule has 3 rings (SSSR count). The zero-order valence-electron chi connectivity index (χ0n) is 11.6. The fourth-order valence-electron chi connectivity index (χ4n) is 2.27. The van der Waals surface area contributed by atoms with Crippen LogP contribution in [0.25, 0.3) is 0 Å². The second-order valence-electron chi connectivity index (χ2n) is 4.96. The Hall–Kier alpha value is -1.44. The van der Waals surface area contributed by atoms with E-state index in [1.807, 2.05) is 19.1 Å². The fourth-order valence-corrected chi connectivity index (χ4v) is 4.90. The average Bonchev–Trinajstić information content (AvgIpc) is 3.12. The van der Waals surface area contributed by atoms with Gasteiger partial charge < -0.3 is 4.74 Å². The summed E-state index contributed by atoms with van der Waals surface area (Å²) in [6.45, 7) is 2.78. The lowest BCUT2D eigenvalue weighted by atomic mass is 10.3. The number of pyridine rings is 1. The van der Waals surface area contributed by atoms with Gasteiger partial charge in [0, 0.05) is 12.2 Å². The lowest BCUT2D eigenvalue weighted by molar-refractivity contribution is 0.214. The van der Waals surface area contributed by atoms with E-state index in [0.29, 0.717) is 29.5 Å². The quantitative estimate of drug-likeness (QED) is 0.866. The molecule has 2 aromatic rings. The van der Waals surface area contributed by atoms with Gasteiger partial charge in [0.1, 0.15) is 16.1 Å². The van der Waals surface area contributed by atoms with Gasteiger partial charge in [-0.1, -0.05) is 6.07 Å². The van der Waals surface area contributed by atoms with Crippen LogP contribution in [0.1, 0.15) is 12.1 Å². The van der Waals surface area contributed by atoms with Crippen LogP contribution in [0.3, 0.4) is 0 Å². The zero-order valence-corrected chi connectivity index (χ0v) is 13.2. The van der Waals surface area contributed by atoms with Crippen molar-refractivity contribution in [1.29, 1.82) is 0 Å². The molecule has 0 amide bonds. The average molecular weight is 324 g/mol. The molecule has 1 fully saturated rings. The Labute approximate surface area is 128 Å². The van der Waals surface area contributed by atoms with Crippen LogP contribution < -0.4 is 4.74 Å². The Kier molecular flexibility index (Phi) is 3.97. The van der Waals surface area contributed by atoms with Gasteiger partial charge in [-0.15, -0.1) is 11.3 Å². The van der Waals surface area contributed by atoms with Gasteiger partial charge >= 0.3 is 0 Å². The number of ether oxygens (including phenoxy) is 1. The first-order valence-corrected chi connectivity index (χ1v) is 9.00. The standard InChI is InChI=1S/C14H16N2O3S2/c1-11-4-5-12(9-15-11)19-13-6-7-16(10-13)21(17,18)14-3-2-8-20-14/h2-5,8-9,13H,6-7,10H2,1H3/t13-/m1/s1. The van der Waals surface area contributed by atoms with Crippen LogP contribution in [0, 0.1) is 6.92 Å². The van der Waals surface area contributed by atoms with Crippen molar-refractivity contribution in [3.05, 3.63) is 41.5 Å². The maximum atomic E-state index is 12.4. The van der Waals surface area contributed by atoms with Gasteiger partial charge in [-0.2, -0.15) is 4.31 Å². The van der Waals surface area contributed by atoms with Crippen LogP contribution in [0.15, 0.2) is 40.1 Å². The molecule has 112 valence electrons. The van der Waals surface area contributed by atoms with Crippen LogP contribution in [-0.4, -0.2) is 36.9 Å². The molecule has 0 saturated carbocycles. The molecule has 0 radical (unpaired) electrons. The van der Waals surface area contributed by atoms with Gasteiger partial charge in [0.15, 0.2) is 0 Å². The van der Waals surface area contributed by atoms with Gasteiger partial charge in [-0.25, -0.2) is 8.42 Å². The topological polar surface area (TPSA) is 59.5 Å². The molecule has 1 saturated heterocycles. The highest BCUT2D eigenvalue weighted by molar-refractivity contribution is 7.91. The molecular weight excluding hydrogens is 308 g/mol. The SMILES string of the molecule is Cc1ccc(O[C@@H]2CCN(S(=O)(=O)c3cccs3)C2)cn1. The Morgan fingerprint density at radius 2 is 2.24 bits per heavy atom. The summed E-state index contributed by atoms with van der Waals surface area (Å²) in [6, 6.07) is 7.13. The lowest BCUT2D eigenvalue weighted by Gasteiger charge is -2.16. The van der Waals surface area contributed by atoms with Gasteiger partial charge in [0.25, 0.3) is 10.0 Å². The number of hydrogen-bond donors (Lipinski definition) is 0. The highest BCUT2D eigenvalue weighted by atomic mass is 32.2. The Balaban J connectivity index is 1.67. The number of thiophene rings is 1. The molecule has 7 heteroatoms. The van der Waals surface area contributed by atoms with Gasteiger partial charge in [-0.05, 0) is 36.9 Å². The summed E-state index contributed by atoms with van der Waals surface area (Å²) in [5.41, 5.74) is 0.927. The van der Waals surface area contributed by atoms with Crippen LogP contribution in [0.2, 0.25) is 0 Å². The highest BCUT2D eigenvalue weighted by Gasteiger charge is 2.34. The molecule has 3 heterocycles. The lowest BCUT2D eigenvalue weighted by Crippen LogP contribution is -2.30. The maximum Gasteiger partial charge on any atom is 0.252 e. The van der Waals surface area contributed by atoms with E-state index in [4.69, 9.17) is 4.74 Å². The first kappa shape index (κ1) is 14.5. The van der Waals surface area contributed by atoms with E-state index in [-0.39, 0.29) is 6.10 Å². The number of hydrogen-bond acceptors (Lipinski definition) is 5. The van der Waals surface area contributed by atoms with Gasteiger partial charge in [-0.3, -0.25) is 4.98 Å². The van der Waals surface area contributed by atoms with Crippen molar-refractivity contribution in [1.82, 2.24) is 9.29 Å². The number of sulfonamides is 1. The molecule has 21 heavy (non-hydrogen) atoms. The predicted molar refractivity (Wildman–Crippen MR) is 81.1 cm³/mol.